The van der Waals surface area contributed by atoms with Crippen LogP contribution in [-0.4, -0.2) is 38.4 Å². The zero-order chi connectivity index (χ0) is 19.3. The van der Waals surface area contributed by atoms with E-state index in [1.807, 2.05) is 30.7 Å². The molecule has 6 nitrogen and oxygen atoms in total. The Bertz CT molecular complexity index is 1060. The highest BCUT2D eigenvalue weighted by atomic mass is 19.1. The van der Waals surface area contributed by atoms with E-state index in [1.54, 1.807) is 12.3 Å². The van der Waals surface area contributed by atoms with Gasteiger partial charge in [-0.15, -0.1) is 0 Å². The third-order valence-corrected chi connectivity index (χ3v) is 5.10. The standard InChI is InChI=1S/C20H20FN3O3/c1-20(2)9-15-14-6-7-23(11-12-4-5-13(21)8-17(12)27-3)16(14)10-22-18(15)19(25)24(20)26/h4-8,10,26H,9,11H2,1-3H3. The molecular weight excluding hydrogens is 349 g/mol. The van der Waals surface area contributed by atoms with Crippen molar-refractivity contribution in [3.8, 4) is 5.75 Å². The van der Waals surface area contributed by atoms with Crippen LogP contribution in [0.2, 0.25) is 0 Å². The Balaban J connectivity index is 1.79. The first kappa shape index (κ1) is 17.5. The molecule has 1 aromatic carbocycles. The Labute approximate surface area is 155 Å². The van der Waals surface area contributed by atoms with Gasteiger partial charge in [0.1, 0.15) is 17.3 Å². The predicted molar refractivity (Wildman–Crippen MR) is 97.5 cm³/mol. The number of pyridine rings is 1. The average molecular weight is 369 g/mol. The highest BCUT2D eigenvalue weighted by Crippen LogP contribution is 2.33. The Kier molecular flexibility index (Phi) is 3.92. The summed E-state index contributed by atoms with van der Waals surface area (Å²) in [6.45, 7) is 4.11. The van der Waals surface area contributed by atoms with Crippen LogP contribution in [0.4, 0.5) is 4.39 Å². The molecule has 0 saturated carbocycles. The smallest absolute Gasteiger partial charge is 0.296 e. The molecule has 0 atom stereocenters. The van der Waals surface area contributed by atoms with Gasteiger partial charge in [0.2, 0.25) is 0 Å². The second-order valence-electron chi connectivity index (χ2n) is 7.39. The van der Waals surface area contributed by atoms with Crippen molar-refractivity contribution in [3.63, 3.8) is 0 Å². The fraction of sp³-hybridized carbons (Fsp3) is 0.300. The van der Waals surface area contributed by atoms with E-state index in [4.69, 9.17) is 4.74 Å². The minimum Gasteiger partial charge on any atom is -0.496 e. The van der Waals surface area contributed by atoms with E-state index in [9.17, 15) is 14.4 Å². The van der Waals surface area contributed by atoms with Crippen LogP contribution in [0.3, 0.4) is 0 Å². The van der Waals surface area contributed by atoms with Crippen LogP contribution >= 0.6 is 0 Å². The van der Waals surface area contributed by atoms with E-state index in [1.165, 1.54) is 19.2 Å². The fourth-order valence-electron chi connectivity index (χ4n) is 3.63. The topological polar surface area (TPSA) is 67.6 Å². The summed E-state index contributed by atoms with van der Waals surface area (Å²) in [5.41, 5.74) is 2.11. The summed E-state index contributed by atoms with van der Waals surface area (Å²) in [6, 6.07) is 6.41. The number of carbonyl (C=O) groups is 1. The van der Waals surface area contributed by atoms with Gasteiger partial charge in [0.05, 0.1) is 30.9 Å². The second-order valence-corrected chi connectivity index (χ2v) is 7.39. The number of nitrogens with zero attached hydrogens (tertiary/aromatic N) is 3. The highest BCUT2D eigenvalue weighted by molar-refractivity contribution is 6.00. The molecule has 2 aromatic heterocycles. The molecule has 1 aliphatic rings. The minimum atomic E-state index is -0.706. The maximum atomic E-state index is 13.4. The summed E-state index contributed by atoms with van der Waals surface area (Å²) in [4.78, 5) is 16.8. The molecule has 3 heterocycles. The fourth-order valence-corrected chi connectivity index (χ4v) is 3.63. The molecule has 4 rings (SSSR count). The van der Waals surface area contributed by atoms with Gasteiger partial charge < -0.3 is 9.30 Å². The van der Waals surface area contributed by atoms with Crippen molar-refractivity contribution < 1.29 is 19.1 Å². The Morgan fingerprint density at radius 2 is 2.11 bits per heavy atom. The molecule has 27 heavy (non-hydrogen) atoms. The third-order valence-electron chi connectivity index (χ3n) is 5.10. The summed E-state index contributed by atoms with van der Waals surface area (Å²) in [5.74, 6) is -0.357. The molecule has 1 amide bonds. The van der Waals surface area contributed by atoms with Crippen LogP contribution in [0.1, 0.15) is 35.5 Å². The maximum Gasteiger partial charge on any atom is 0.296 e. The average Bonchev–Trinajstić information content (AvgIpc) is 3.04. The van der Waals surface area contributed by atoms with Gasteiger partial charge in [-0.25, -0.2) is 14.4 Å². The predicted octanol–water partition coefficient (Wildman–Crippen LogP) is 3.40. The number of hydrogen-bond donors (Lipinski definition) is 1. The lowest BCUT2D eigenvalue weighted by Crippen LogP contribution is -2.51. The Hall–Kier alpha value is -2.93. The monoisotopic (exact) mass is 369 g/mol. The van der Waals surface area contributed by atoms with Gasteiger partial charge in [-0.2, -0.15) is 0 Å². The minimum absolute atomic E-state index is 0.279. The van der Waals surface area contributed by atoms with Gasteiger partial charge in [0.25, 0.3) is 5.91 Å². The van der Waals surface area contributed by atoms with Crippen LogP contribution in [-0.2, 0) is 13.0 Å². The van der Waals surface area contributed by atoms with Gasteiger partial charge in [0, 0.05) is 29.6 Å². The number of amides is 1. The van der Waals surface area contributed by atoms with E-state index in [0.717, 1.165) is 27.1 Å². The zero-order valence-electron chi connectivity index (χ0n) is 15.4. The van der Waals surface area contributed by atoms with E-state index in [0.29, 0.717) is 18.7 Å². The third kappa shape index (κ3) is 2.75. The second kappa shape index (κ2) is 6.06. The number of benzene rings is 1. The summed E-state index contributed by atoms with van der Waals surface area (Å²) < 4.78 is 20.7. The number of halogens is 1. The number of carbonyl (C=O) groups excluding carboxylic acids is 1. The number of methoxy groups -OCH3 is 1. The number of rotatable bonds is 3. The van der Waals surface area contributed by atoms with Crippen LogP contribution in [0, 0.1) is 5.82 Å². The highest BCUT2D eigenvalue weighted by Gasteiger charge is 2.39. The molecule has 1 aliphatic heterocycles. The summed E-state index contributed by atoms with van der Waals surface area (Å²) in [5, 5.41) is 11.8. The van der Waals surface area contributed by atoms with Crippen molar-refractivity contribution in [2.75, 3.05) is 7.11 Å². The number of fused-ring (bicyclic) bond motifs is 3. The van der Waals surface area contributed by atoms with E-state index in [-0.39, 0.29) is 11.5 Å². The molecule has 0 spiro atoms. The largest absolute Gasteiger partial charge is 0.496 e. The van der Waals surface area contributed by atoms with Crippen molar-refractivity contribution in [1.82, 2.24) is 14.6 Å². The van der Waals surface area contributed by atoms with Crippen LogP contribution in [0.25, 0.3) is 10.9 Å². The number of hydrogen-bond acceptors (Lipinski definition) is 4. The molecule has 0 aliphatic carbocycles. The zero-order valence-corrected chi connectivity index (χ0v) is 15.4. The first-order chi connectivity index (χ1) is 12.8. The normalized spacial score (nSPS) is 15.9. The molecular formula is C20H20FN3O3. The van der Waals surface area contributed by atoms with Gasteiger partial charge >= 0.3 is 0 Å². The lowest BCUT2D eigenvalue weighted by atomic mass is 9.87. The summed E-state index contributed by atoms with van der Waals surface area (Å²) in [7, 11) is 1.51. The molecule has 3 aromatic rings. The van der Waals surface area contributed by atoms with Gasteiger partial charge in [-0.1, -0.05) is 6.07 Å². The number of hydroxylamine groups is 2. The SMILES string of the molecule is COc1cc(F)ccc1Cn1ccc2c3c(ncc21)C(=O)N(O)C(C)(C)C3. The number of ether oxygens (including phenoxy) is 1. The molecule has 7 heteroatoms. The van der Waals surface area contributed by atoms with Gasteiger partial charge in [0.15, 0.2) is 0 Å². The molecule has 0 radical (unpaired) electrons. The maximum absolute atomic E-state index is 13.4. The van der Waals surface area contributed by atoms with Crippen molar-refractivity contribution in [2.45, 2.75) is 32.4 Å². The molecule has 0 saturated heterocycles. The van der Waals surface area contributed by atoms with Crippen molar-refractivity contribution in [1.29, 1.82) is 0 Å². The molecule has 0 bridgehead atoms. The lowest BCUT2D eigenvalue weighted by molar-refractivity contribution is -0.124. The summed E-state index contributed by atoms with van der Waals surface area (Å²) in [6.07, 6.45) is 4.05. The van der Waals surface area contributed by atoms with E-state index in [2.05, 4.69) is 4.98 Å². The van der Waals surface area contributed by atoms with Gasteiger partial charge in [-0.3, -0.25) is 10.0 Å². The molecule has 1 N–H and O–H groups in total. The first-order valence-electron chi connectivity index (χ1n) is 8.64. The summed E-state index contributed by atoms with van der Waals surface area (Å²) >= 11 is 0. The quantitative estimate of drug-likeness (QED) is 0.719. The van der Waals surface area contributed by atoms with Crippen molar-refractivity contribution in [2.24, 2.45) is 0 Å². The van der Waals surface area contributed by atoms with E-state index < -0.39 is 11.4 Å². The van der Waals surface area contributed by atoms with Crippen molar-refractivity contribution >= 4 is 16.8 Å². The lowest BCUT2D eigenvalue weighted by Gasteiger charge is -2.37. The molecule has 140 valence electrons. The van der Waals surface area contributed by atoms with E-state index >= 15 is 0 Å². The number of aromatic nitrogens is 2. The van der Waals surface area contributed by atoms with Crippen LogP contribution < -0.4 is 4.74 Å². The van der Waals surface area contributed by atoms with Crippen molar-refractivity contribution in [3.05, 3.63) is 59.3 Å². The molecule has 0 fully saturated rings. The Morgan fingerprint density at radius 1 is 1.33 bits per heavy atom. The van der Waals surface area contributed by atoms with Gasteiger partial charge in [-0.05, 0) is 31.5 Å². The van der Waals surface area contributed by atoms with Crippen LogP contribution in [0.15, 0.2) is 36.7 Å². The Morgan fingerprint density at radius 3 is 2.85 bits per heavy atom. The van der Waals surface area contributed by atoms with Crippen LogP contribution in [0.5, 0.6) is 5.75 Å². The molecule has 0 unspecified atom stereocenters. The first-order valence-corrected chi connectivity index (χ1v) is 8.64.